The van der Waals surface area contributed by atoms with Crippen molar-refractivity contribution in [1.29, 1.82) is 0 Å². The van der Waals surface area contributed by atoms with Crippen LogP contribution in [0, 0.1) is 0 Å². The lowest BCUT2D eigenvalue weighted by molar-refractivity contribution is 0.270. The summed E-state index contributed by atoms with van der Waals surface area (Å²) in [7, 11) is 0. The molecule has 2 rings (SSSR count). The van der Waals surface area contributed by atoms with Gasteiger partial charge < -0.3 is 9.15 Å². The number of furan rings is 1. The van der Waals surface area contributed by atoms with Crippen LogP contribution in [0.15, 0.2) is 52.2 Å². The smallest absolute Gasteiger partial charge is 0.146 e. The van der Waals surface area contributed by atoms with E-state index in [0.717, 1.165) is 5.76 Å². The van der Waals surface area contributed by atoms with Gasteiger partial charge in [-0.3, -0.25) is 0 Å². The highest BCUT2D eigenvalue weighted by Crippen LogP contribution is 2.19. The SMILES string of the molecule is [N-]=[N+]=Nc1ccc(OCc2ccco2)cc1. The minimum Gasteiger partial charge on any atom is -0.486 e. The molecule has 0 saturated carbocycles. The number of hydrogen-bond acceptors (Lipinski definition) is 3. The lowest BCUT2D eigenvalue weighted by Crippen LogP contribution is -1.92. The van der Waals surface area contributed by atoms with Gasteiger partial charge >= 0.3 is 0 Å². The van der Waals surface area contributed by atoms with E-state index in [1.54, 1.807) is 30.5 Å². The lowest BCUT2D eigenvalue weighted by Gasteiger charge is -2.03. The molecule has 80 valence electrons. The van der Waals surface area contributed by atoms with Crippen molar-refractivity contribution < 1.29 is 9.15 Å². The van der Waals surface area contributed by atoms with Crippen molar-refractivity contribution in [2.24, 2.45) is 5.11 Å². The third-order valence-electron chi connectivity index (χ3n) is 1.96. The Balaban J connectivity index is 1.97. The Hall–Kier alpha value is -2.39. The van der Waals surface area contributed by atoms with Crippen LogP contribution in [0.1, 0.15) is 5.76 Å². The Bertz CT molecular complexity index is 484. The van der Waals surface area contributed by atoms with Crippen LogP contribution in [-0.2, 0) is 6.61 Å². The Morgan fingerprint density at radius 3 is 2.69 bits per heavy atom. The van der Waals surface area contributed by atoms with Crippen LogP contribution >= 0.6 is 0 Å². The van der Waals surface area contributed by atoms with Crippen LogP contribution in [-0.4, -0.2) is 0 Å². The summed E-state index contributed by atoms with van der Waals surface area (Å²) in [4.78, 5) is 2.69. The molecule has 1 aromatic carbocycles. The van der Waals surface area contributed by atoms with Crippen molar-refractivity contribution in [3.8, 4) is 5.75 Å². The van der Waals surface area contributed by atoms with Gasteiger partial charge in [0.2, 0.25) is 0 Å². The maximum atomic E-state index is 8.23. The zero-order valence-electron chi connectivity index (χ0n) is 8.41. The molecule has 2 aromatic rings. The zero-order valence-corrected chi connectivity index (χ0v) is 8.41. The summed E-state index contributed by atoms with van der Waals surface area (Å²) in [5.41, 5.74) is 8.79. The van der Waals surface area contributed by atoms with Crippen molar-refractivity contribution >= 4 is 5.69 Å². The van der Waals surface area contributed by atoms with Crippen LogP contribution in [0.2, 0.25) is 0 Å². The fourth-order valence-electron chi connectivity index (χ4n) is 1.21. The molecule has 0 spiro atoms. The first-order valence-corrected chi connectivity index (χ1v) is 4.69. The number of ether oxygens (including phenoxy) is 1. The van der Waals surface area contributed by atoms with E-state index in [9.17, 15) is 0 Å². The minimum atomic E-state index is 0.383. The number of hydrogen-bond donors (Lipinski definition) is 0. The van der Waals surface area contributed by atoms with Gasteiger partial charge in [-0.25, -0.2) is 0 Å². The minimum absolute atomic E-state index is 0.383. The van der Waals surface area contributed by atoms with Crippen molar-refractivity contribution in [3.63, 3.8) is 0 Å². The summed E-state index contributed by atoms with van der Waals surface area (Å²) in [5, 5.41) is 3.46. The summed E-state index contributed by atoms with van der Waals surface area (Å²) in [6.45, 7) is 0.383. The van der Waals surface area contributed by atoms with Crippen LogP contribution in [0.5, 0.6) is 5.75 Å². The highest BCUT2D eigenvalue weighted by molar-refractivity contribution is 5.40. The molecule has 1 aromatic heterocycles. The molecule has 0 amide bonds. The predicted molar refractivity (Wildman–Crippen MR) is 58.3 cm³/mol. The van der Waals surface area contributed by atoms with Gasteiger partial charge in [0.15, 0.2) is 0 Å². The first-order valence-electron chi connectivity index (χ1n) is 4.69. The van der Waals surface area contributed by atoms with Gasteiger partial charge in [-0.05, 0) is 41.9 Å². The van der Waals surface area contributed by atoms with E-state index in [-0.39, 0.29) is 0 Å². The summed E-state index contributed by atoms with van der Waals surface area (Å²) >= 11 is 0. The van der Waals surface area contributed by atoms with E-state index >= 15 is 0 Å². The second-order valence-corrected chi connectivity index (χ2v) is 3.05. The second kappa shape index (κ2) is 4.91. The summed E-state index contributed by atoms with van der Waals surface area (Å²) in [5.74, 6) is 1.47. The quantitative estimate of drug-likeness (QED) is 0.442. The largest absolute Gasteiger partial charge is 0.486 e. The van der Waals surface area contributed by atoms with Crippen LogP contribution in [0.3, 0.4) is 0 Å². The zero-order chi connectivity index (χ0) is 11.2. The first kappa shape index (κ1) is 10.1. The second-order valence-electron chi connectivity index (χ2n) is 3.05. The maximum absolute atomic E-state index is 8.23. The van der Waals surface area contributed by atoms with Crippen LogP contribution in [0.25, 0.3) is 10.4 Å². The molecule has 0 bridgehead atoms. The third-order valence-corrected chi connectivity index (χ3v) is 1.96. The first-order chi connectivity index (χ1) is 7.88. The summed E-state index contributed by atoms with van der Waals surface area (Å²) < 4.78 is 10.6. The van der Waals surface area contributed by atoms with E-state index in [2.05, 4.69) is 10.0 Å². The molecule has 0 aliphatic rings. The van der Waals surface area contributed by atoms with E-state index in [1.165, 1.54) is 0 Å². The fourth-order valence-corrected chi connectivity index (χ4v) is 1.21. The molecule has 0 atom stereocenters. The topological polar surface area (TPSA) is 71.1 Å². The number of rotatable bonds is 4. The average Bonchev–Trinajstić information content (AvgIpc) is 2.82. The molecule has 0 aliphatic carbocycles. The standard InChI is InChI=1S/C11H9N3O2/c12-14-13-9-3-5-10(6-4-9)16-8-11-2-1-7-15-11/h1-7H,8H2. The average molecular weight is 215 g/mol. The third kappa shape index (κ3) is 2.56. The summed E-state index contributed by atoms with van der Waals surface area (Å²) in [6.07, 6.45) is 1.60. The molecule has 0 radical (unpaired) electrons. The van der Waals surface area contributed by atoms with E-state index in [4.69, 9.17) is 14.7 Å². The van der Waals surface area contributed by atoms with Gasteiger partial charge in [-0.1, -0.05) is 5.11 Å². The molecule has 5 heteroatoms. The Kier molecular flexibility index (Phi) is 3.11. The fraction of sp³-hybridized carbons (Fsp3) is 0.0909. The Morgan fingerprint density at radius 1 is 1.25 bits per heavy atom. The van der Waals surface area contributed by atoms with Gasteiger partial charge in [0.1, 0.15) is 18.1 Å². The monoisotopic (exact) mass is 215 g/mol. The molecule has 0 N–H and O–H groups in total. The Morgan fingerprint density at radius 2 is 2.06 bits per heavy atom. The molecular formula is C11H9N3O2. The van der Waals surface area contributed by atoms with Gasteiger partial charge in [-0.2, -0.15) is 0 Å². The van der Waals surface area contributed by atoms with E-state index in [1.807, 2.05) is 12.1 Å². The summed E-state index contributed by atoms with van der Waals surface area (Å²) in [6, 6.07) is 10.5. The highest BCUT2D eigenvalue weighted by atomic mass is 16.5. The maximum Gasteiger partial charge on any atom is 0.146 e. The highest BCUT2D eigenvalue weighted by Gasteiger charge is 1.97. The number of nitrogens with zero attached hydrogens (tertiary/aromatic N) is 3. The van der Waals surface area contributed by atoms with Gasteiger partial charge in [-0.15, -0.1) is 0 Å². The molecule has 16 heavy (non-hydrogen) atoms. The number of benzene rings is 1. The van der Waals surface area contributed by atoms with Crippen molar-refractivity contribution in [3.05, 3.63) is 58.9 Å². The molecule has 0 saturated heterocycles. The van der Waals surface area contributed by atoms with Gasteiger partial charge in [0.05, 0.1) is 6.26 Å². The molecule has 5 nitrogen and oxygen atoms in total. The Labute approximate surface area is 91.9 Å². The van der Waals surface area contributed by atoms with Gasteiger partial charge in [0, 0.05) is 10.6 Å². The molecule has 0 aliphatic heterocycles. The van der Waals surface area contributed by atoms with Crippen molar-refractivity contribution in [2.45, 2.75) is 6.61 Å². The molecule has 1 heterocycles. The van der Waals surface area contributed by atoms with Crippen molar-refractivity contribution in [1.82, 2.24) is 0 Å². The van der Waals surface area contributed by atoms with Crippen molar-refractivity contribution in [2.75, 3.05) is 0 Å². The molecule has 0 fully saturated rings. The van der Waals surface area contributed by atoms with Gasteiger partial charge in [0.25, 0.3) is 0 Å². The molecular weight excluding hydrogens is 206 g/mol. The van der Waals surface area contributed by atoms with E-state index in [0.29, 0.717) is 18.0 Å². The van der Waals surface area contributed by atoms with Crippen LogP contribution < -0.4 is 4.74 Å². The van der Waals surface area contributed by atoms with Crippen LogP contribution in [0.4, 0.5) is 5.69 Å². The van der Waals surface area contributed by atoms with E-state index < -0.39 is 0 Å². The number of azide groups is 1. The molecule has 0 unspecified atom stereocenters. The lowest BCUT2D eigenvalue weighted by atomic mass is 10.3. The predicted octanol–water partition coefficient (Wildman–Crippen LogP) is 3.80. The normalized spacial score (nSPS) is 9.50.